The Balaban J connectivity index is 1.56. The van der Waals surface area contributed by atoms with Gasteiger partial charge in [-0.05, 0) is 18.6 Å². The number of carbonyl (C=O) groups excluding carboxylic acids is 1. The van der Waals surface area contributed by atoms with Crippen molar-refractivity contribution in [1.82, 2.24) is 24.9 Å². The van der Waals surface area contributed by atoms with Crippen LogP contribution in [-0.4, -0.2) is 37.8 Å². The summed E-state index contributed by atoms with van der Waals surface area (Å²) in [5, 5.41) is 12.3. The lowest BCUT2D eigenvalue weighted by Crippen LogP contribution is -2.26. The Hall–Kier alpha value is -2.96. The van der Waals surface area contributed by atoms with Crippen molar-refractivity contribution in [2.45, 2.75) is 26.3 Å². The van der Waals surface area contributed by atoms with Crippen LogP contribution in [-0.2, 0) is 24.8 Å². The van der Waals surface area contributed by atoms with E-state index in [1.807, 2.05) is 50.4 Å². The fourth-order valence-corrected chi connectivity index (χ4v) is 2.62. The molecule has 0 fully saturated rings. The SMILES string of the molecule is Cc1cc(-c2nnc(CCC(=O)N(C)Cc3ccccc3)o2)n(C)n1. The van der Waals surface area contributed by atoms with Crippen LogP contribution in [0.1, 0.15) is 23.6 Å². The Bertz CT molecular complexity index is 853. The second-order valence-electron chi connectivity index (χ2n) is 6.03. The Morgan fingerprint density at radius 3 is 2.68 bits per heavy atom. The van der Waals surface area contributed by atoms with Crippen LogP contribution in [0.15, 0.2) is 40.8 Å². The van der Waals surface area contributed by atoms with Crippen molar-refractivity contribution >= 4 is 5.91 Å². The van der Waals surface area contributed by atoms with Gasteiger partial charge in [-0.3, -0.25) is 9.48 Å². The largest absolute Gasteiger partial charge is 0.419 e. The molecule has 2 aromatic heterocycles. The summed E-state index contributed by atoms with van der Waals surface area (Å²) in [6.45, 7) is 2.49. The molecule has 0 saturated carbocycles. The highest BCUT2D eigenvalue weighted by Gasteiger charge is 2.15. The molecular weight excluding hydrogens is 318 g/mol. The molecule has 3 aromatic rings. The molecule has 7 nitrogen and oxygen atoms in total. The number of aromatic nitrogens is 4. The highest BCUT2D eigenvalue weighted by molar-refractivity contribution is 5.76. The molecule has 2 heterocycles. The third-order valence-corrected chi connectivity index (χ3v) is 3.93. The monoisotopic (exact) mass is 339 g/mol. The minimum absolute atomic E-state index is 0.0416. The fraction of sp³-hybridized carbons (Fsp3) is 0.333. The van der Waals surface area contributed by atoms with Crippen molar-refractivity contribution < 1.29 is 9.21 Å². The second kappa shape index (κ2) is 7.29. The summed E-state index contributed by atoms with van der Waals surface area (Å²) >= 11 is 0. The zero-order valence-corrected chi connectivity index (χ0v) is 14.6. The normalized spacial score (nSPS) is 10.8. The first-order valence-corrected chi connectivity index (χ1v) is 8.14. The third kappa shape index (κ3) is 4.12. The number of rotatable bonds is 6. The molecule has 0 atom stereocenters. The molecule has 0 N–H and O–H groups in total. The average Bonchev–Trinajstić information content (AvgIpc) is 3.19. The summed E-state index contributed by atoms with van der Waals surface area (Å²) in [5.74, 6) is 0.915. The van der Waals surface area contributed by atoms with E-state index in [4.69, 9.17) is 4.42 Å². The number of hydrogen-bond acceptors (Lipinski definition) is 5. The summed E-state index contributed by atoms with van der Waals surface area (Å²) in [7, 11) is 3.63. The highest BCUT2D eigenvalue weighted by atomic mass is 16.4. The van der Waals surface area contributed by atoms with E-state index < -0.39 is 0 Å². The van der Waals surface area contributed by atoms with Crippen molar-refractivity contribution in [3.8, 4) is 11.6 Å². The van der Waals surface area contributed by atoms with E-state index in [9.17, 15) is 4.79 Å². The first-order valence-electron chi connectivity index (χ1n) is 8.14. The summed E-state index contributed by atoms with van der Waals surface area (Å²) in [5.41, 5.74) is 2.75. The van der Waals surface area contributed by atoms with Gasteiger partial charge in [0.25, 0.3) is 5.89 Å². The van der Waals surface area contributed by atoms with Crippen LogP contribution in [0.25, 0.3) is 11.6 Å². The minimum atomic E-state index is 0.0416. The quantitative estimate of drug-likeness (QED) is 0.689. The Morgan fingerprint density at radius 1 is 1.24 bits per heavy atom. The maximum absolute atomic E-state index is 12.3. The second-order valence-corrected chi connectivity index (χ2v) is 6.03. The zero-order valence-electron chi connectivity index (χ0n) is 14.6. The molecule has 0 unspecified atom stereocenters. The summed E-state index contributed by atoms with van der Waals surface area (Å²) in [6, 6.07) is 11.8. The van der Waals surface area contributed by atoms with Crippen molar-refractivity contribution in [3.05, 3.63) is 53.5 Å². The molecule has 25 heavy (non-hydrogen) atoms. The predicted molar refractivity (Wildman–Crippen MR) is 92.5 cm³/mol. The zero-order chi connectivity index (χ0) is 17.8. The topological polar surface area (TPSA) is 77.0 Å². The molecule has 1 aromatic carbocycles. The molecule has 0 aliphatic carbocycles. The van der Waals surface area contributed by atoms with E-state index in [0.717, 1.165) is 17.0 Å². The van der Waals surface area contributed by atoms with Gasteiger partial charge in [0, 0.05) is 33.5 Å². The number of aryl methyl sites for hydroxylation is 3. The maximum Gasteiger partial charge on any atom is 0.265 e. The van der Waals surface area contributed by atoms with Gasteiger partial charge in [0.2, 0.25) is 11.8 Å². The van der Waals surface area contributed by atoms with Gasteiger partial charge in [-0.1, -0.05) is 30.3 Å². The number of amides is 1. The van der Waals surface area contributed by atoms with Gasteiger partial charge in [0.05, 0.1) is 5.69 Å². The van der Waals surface area contributed by atoms with Crippen molar-refractivity contribution in [2.24, 2.45) is 7.05 Å². The molecule has 0 saturated heterocycles. The van der Waals surface area contributed by atoms with Crippen LogP contribution in [0.5, 0.6) is 0 Å². The maximum atomic E-state index is 12.3. The minimum Gasteiger partial charge on any atom is -0.419 e. The Morgan fingerprint density at radius 2 is 2.00 bits per heavy atom. The van der Waals surface area contributed by atoms with Gasteiger partial charge in [-0.25, -0.2) is 0 Å². The van der Waals surface area contributed by atoms with Crippen LogP contribution in [0.4, 0.5) is 0 Å². The molecule has 0 aliphatic heterocycles. The Kier molecular flexibility index (Phi) is 4.92. The first-order chi connectivity index (χ1) is 12.0. The van der Waals surface area contributed by atoms with Gasteiger partial charge < -0.3 is 9.32 Å². The first kappa shape index (κ1) is 16.9. The number of carbonyl (C=O) groups is 1. The summed E-state index contributed by atoms with van der Waals surface area (Å²) in [6.07, 6.45) is 0.747. The molecule has 1 amide bonds. The fourth-order valence-electron chi connectivity index (χ4n) is 2.62. The van der Waals surface area contributed by atoms with Crippen LogP contribution in [0.2, 0.25) is 0 Å². The molecule has 0 bridgehead atoms. The smallest absolute Gasteiger partial charge is 0.265 e. The predicted octanol–water partition coefficient (Wildman–Crippen LogP) is 2.37. The lowest BCUT2D eigenvalue weighted by molar-refractivity contribution is -0.130. The van der Waals surface area contributed by atoms with Gasteiger partial charge in [0.1, 0.15) is 5.69 Å². The van der Waals surface area contributed by atoms with E-state index >= 15 is 0 Å². The molecular formula is C18H21N5O2. The molecule has 7 heteroatoms. The number of benzene rings is 1. The van der Waals surface area contributed by atoms with Crippen molar-refractivity contribution in [1.29, 1.82) is 0 Å². The summed E-state index contributed by atoms with van der Waals surface area (Å²) in [4.78, 5) is 14.0. The summed E-state index contributed by atoms with van der Waals surface area (Å²) < 4.78 is 7.36. The van der Waals surface area contributed by atoms with Gasteiger partial charge >= 0.3 is 0 Å². The highest BCUT2D eigenvalue weighted by Crippen LogP contribution is 2.18. The number of nitrogens with zero attached hydrogens (tertiary/aromatic N) is 5. The van der Waals surface area contributed by atoms with E-state index in [0.29, 0.717) is 31.2 Å². The standard InChI is InChI=1S/C18H21N5O2/c1-13-11-15(23(3)21-13)18-20-19-16(25-18)9-10-17(24)22(2)12-14-7-5-4-6-8-14/h4-8,11H,9-10,12H2,1-3H3. The molecule has 130 valence electrons. The average molecular weight is 339 g/mol. The van der Waals surface area contributed by atoms with E-state index in [1.165, 1.54) is 0 Å². The van der Waals surface area contributed by atoms with Gasteiger partial charge in [0.15, 0.2) is 0 Å². The van der Waals surface area contributed by atoms with E-state index in [2.05, 4.69) is 15.3 Å². The van der Waals surface area contributed by atoms with Crippen LogP contribution >= 0.6 is 0 Å². The molecule has 0 spiro atoms. The van der Waals surface area contributed by atoms with Gasteiger partial charge in [-0.15, -0.1) is 10.2 Å². The Labute approximate surface area is 146 Å². The van der Waals surface area contributed by atoms with E-state index in [1.54, 1.807) is 16.6 Å². The van der Waals surface area contributed by atoms with Crippen molar-refractivity contribution in [2.75, 3.05) is 7.05 Å². The van der Waals surface area contributed by atoms with Crippen LogP contribution in [0, 0.1) is 6.92 Å². The third-order valence-electron chi connectivity index (χ3n) is 3.93. The molecule has 3 rings (SSSR count). The van der Waals surface area contributed by atoms with E-state index in [-0.39, 0.29) is 5.91 Å². The lowest BCUT2D eigenvalue weighted by atomic mass is 10.2. The molecule has 0 radical (unpaired) electrons. The van der Waals surface area contributed by atoms with Crippen LogP contribution in [0.3, 0.4) is 0 Å². The molecule has 0 aliphatic rings. The van der Waals surface area contributed by atoms with Crippen molar-refractivity contribution in [3.63, 3.8) is 0 Å². The lowest BCUT2D eigenvalue weighted by Gasteiger charge is -2.16. The number of hydrogen-bond donors (Lipinski definition) is 0. The van der Waals surface area contributed by atoms with Crippen LogP contribution < -0.4 is 0 Å². The van der Waals surface area contributed by atoms with Gasteiger partial charge in [-0.2, -0.15) is 5.10 Å².